The van der Waals surface area contributed by atoms with Crippen LogP contribution in [0.5, 0.6) is 0 Å². The van der Waals surface area contributed by atoms with Gasteiger partial charge in [0.25, 0.3) is 17.5 Å². The Balaban J connectivity index is 1.21. The minimum absolute atomic E-state index is 0.0448. The summed E-state index contributed by atoms with van der Waals surface area (Å²) in [6.45, 7) is 0. The van der Waals surface area contributed by atoms with Gasteiger partial charge in [0.2, 0.25) is 0 Å². The molecule has 8 rings (SSSR count). The summed E-state index contributed by atoms with van der Waals surface area (Å²) in [5.74, 6) is -1.26. The molecule has 0 N–H and O–H groups in total. The number of hydrazone groups is 1. The van der Waals surface area contributed by atoms with E-state index >= 15 is 0 Å². The van der Waals surface area contributed by atoms with Crippen LogP contribution in [0.15, 0.2) is 94.4 Å². The molecule has 0 spiro atoms. The second-order valence-electron chi connectivity index (χ2n) is 9.51. The summed E-state index contributed by atoms with van der Waals surface area (Å²) in [4.78, 5) is 37.8. The first-order valence-electron chi connectivity index (χ1n) is 12.0. The molecule has 2 bridgehead atoms. The molecular weight excluding hydrogens is 470 g/mol. The molecule has 0 saturated carbocycles. The van der Waals surface area contributed by atoms with Crippen molar-refractivity contribution >= 4 is 23.7 Å². The van der Waals surface area contributed by atoms with Crippen LogP contribution in [0.1, 0.15) is 39.8 Å². The molecule has 3 aromatic carbocycles. The largest absolute Gasteiger partial charge is 0.455 e. The number of nitrogens with zero attached hydrogens (tertiary/aromatic N) is 3. The average Bonchev–Trinajstić information content (AvgIpc) is 3.50. The maximum absolute atomic E-state index is 13.6. The molecule has 2 unspecified atom stereocenters. The normalized spacial score (nSPS) is 23.3. The smallest absolute Gasteiger partial charge is 0.270 e. The van der Waals surface area contributed by atoms with Crippen molar-refractivity contribution in [3.05, 3.63) is 123 Å². The molecule has 180 valence electrons. The molecule has 37 heavy (non-hydrogen) atoms. The van der Waals surface area contributed by atoms with E-state index < -0.39 is 16.8 Å². The zero-order valence-corrected chi connectivity index (χ0v) is 19.4. The number of imide groups is 1. The third kappa shape index (κ3) is 3.05. The SMILES string of the molecule is O=C1C2C3c4ccccc4C(c4ccccc43)C2C(=O)N1N=Cc1ccc(-c2cccc([N+](=O)[O-])c2)o1. The predicted molar refractivity (Wildman–Crippen MR) is 134 cm³/mol. The Bertz CT molecular complexity index is 1540. The highest BCUT2D eigenvalue weighted by atomic mass is 16.6. The van der Waals surface area contributed by atoms with Crippen molar-refractivity contribution in [2.24, 2.45) is 16.9 Å². The fourth-order valence-corrected chi connectivity index (χ4v) is 6.24. The molecule has 1 aliphatic heterocycles. The van der Waals surface area contributed by atoms with E-state index in [9.17, 15) is 19.7 Å². The van der Waals surface area contributed by atoms with E-state index in [1.165, 1.54) is 18.3 Å². The zero-order valence-electron chi connectivity index (χ0n) is 19.4. The van der Waals surface area contributed by atoms with E-state index in [1.54, 1.807) is 24.3 Å². The summed E-state index contributed by atoms with van der Waals surface area (Å²) in [5, 5.41) is 16.3. The Labute approximate surface area is 211 Å². The van der Waals surface area contributed by atoms with Crippen molar-refractivity contribution in [3.8, 4) is 11.3 Å². The van der Waals surface area contributed by atoms with Gasteiger partial charge in [-0.1, -0.05) is 60.7 Å². The van der Waals surface area contributed by atoms with E-state index in [-0.39, 0.29) is 29.3 Å². The van der Waals surface area contributed by atoms with Crippen molar-refractivity contribution in [2.75, 3.05) is 0 Å². The van der Waals surface area contributed by atoms with Crippen LogP contribution in [0.2, 0.25) is 0 Å². The minimum atomic E-state index is -0.503. The average molecular weight is 489 g/mol. The third-order valence-corrected chi connectivity index (χ3v) is 7.69. The van der Waals surface area contributed by atoms with Crippen LogP contribution in [-0.2, 0) is 9.59 Å². The van der Waals surface area contributed by atoms with Gasteiger partial charge in [0.05, 0.1) is 23.0 Å². The van der Waals surface area contributed by atoms with Crippen LogP contribution in [0.25, 0.3) is 11.3 Å². The van der Waals surface area contributed by atoms with E-state index in [2.05, 4.69) is 29.4 Å². The summed E-state index contributed by atoms with van der Waals surface area (Å²) < 4.78 is 5.79. The van der Waals surface area contributed by atoms with Gasteiger partial charge in [0.1, 0.15) is 11.5 Å². The molecule has 1 saturated heterocycles. The molecule has 1 aromatic heterocycles. The molecule has 0 radical (unpaired) electrons. The van der Waals surface area contributed by atoms with Crippen LogP contribution < -0.4 is 0 Å². The molecule has 3 aliphatic carbocycles. The van der Waals surface area contributed by atoms with Crippen LogP contribution in [0, 0.1) is 22.0 Å². The Morgan fingerprint density at radius 3 is 1.89 bits per heavy atom. The molecule has 4 aliphatic rings. The Morgan fingerprint density at radius 1 is 0.784 bits per heavy atom. The Morgan fingerprint density at radius 2 is 1.35 bits per heavy atom. The first-order valence-corrected chi connectivity index (χ1v) is 12.0. The standard InChI is InChI=1S/C29H19N3O5/c33-28-26-24-19-8-1-2-9-20(19)25(22-11-4-3-10-21(22)24)27(26)29(34)31(28)30-15-18-12-13-23(37-18)16-6-5-7-17(14-16)32(35)36/h1-15,24-27H. The number of hydrogen-bond acceptors (Lipinski definition) is 6. The molecule has 4 aromatic rings. The maximum atomic E-state index is 13.6. The summed E-state index contributed by atoms with van der Waals surface area (Å²) in [7, 11) is 0. The molecule has 2 amide bonds. The molecule has 2 heterocycles. The van der Waals surface area contributed by atoms with Gasteiger partial charge in [0, 0.05) is 29.5 Å². The number of non-ortho nitro benzene ring substituents is 1. The van der Waals surface area contributed by atoms with Gasteiger partial charge in [-0.2, -0.15) is 10.1 Å². The summed E-state index contributed by atoms with van der Waals surface area (Å²) in [6, 6.07) is 25.6. The van der Waals surface area contributed by atoms with Crippen LogP contribution in [-0.4, -0.2) is 28.0 Å². The quantitative estimate of drug-likeness (QED) is 0.172. The number of benzene rings is 3. The number of amides is 2. The minimum Gasteiger partial charge on any atom is -0.455 e. The first-order chi connectivity index (χ1) is 18.0. The number of furan rings is 1. The van der Waals surface area contributed by atoms with Gasteiger partial charge in [-0.15, -0.1) is 0 Å². The predicted octanol–water partition coefficient (Wildman–Crippen LogP) is 5.08. The molecule has 1 fully saturated rings. The van der Waals surface area contributed by atoms with Crippen LogP contribution >= 0.6 is 0 Å². The highest BCUT2D eigenvalue weighted by Gasteiger charge is 2.61. The lowest BCUT2D eigenvalue weighted by atomic mass is 9.55. The van der Waals surface area contributed by atoms with Crippen LogP contribution in [0.4, 0.5) is 5.69 Å². The Kier molecular flexibility index (Phi) is 4.53. The highest BCUT2D eigenvalue weighted by molar-refractivity contribution is 6.08. The number of rotatable bonds is 4. The van der Waals surface area contributed by atoms with Crippen molar-refractivity contribution in [2.45, 2.75) is 11.8 Å². The molecule has 2 atom stereocenters. The summed E-state index contributed by atoms with van der Waals surface area (Å²) >= 11 is 0. The van der Waals surface area contributed by atoms with E-state index in [1.807, 2.05) is 24.3 Å². The van der Waals surface area contributed by atoms with Crippen molar-refractivity contribution in [3.63, 3.8) is 0 Å². The number of nitro benzene ring substituents is 1. The van der Waals surface area contributed by atoms with Gasteiger partial charge < -0.3 is 4.42 Å². The van der Waals surface area contributed by atoms with E-state index in [0.29, 0.717) is 17.1 Å². The molecular formula is C29H19N3O5. The van der Waals surface area contributed by atoms with Gasteiger partial charge in [-0.3, -0.25) is 19.7 Å². The summed E-state index contributed by atoms with van der Waals surface area (Å²) in [6.07, 6.45) is 1.34. The highest BCUT2D eigenvalue weighted by Crippen LogP contribution is 2.60. The van der Waals surface area contributed by atoms with E-state index in [0.717, 1.165) is 27.3 Å². The van der Waals surface area contributed by atoms with Crippen LogP contribution in [0.3, 0.4) is 0 Å². The van der Waals surface area contributed by atoms with Gasteiger partial charge >= 0.3 is 0 Å². The monoisotopic (exact) mass is 489 g/mol. The zero-order chi connectivity index (χ0) is 25.3. The van der Waals surface area contributed by atoms with Gasteiger partial charge in [0.15, 0.2) is 0 Å². The number of carbonyl (C=O) groups is 2. The van der Waals surface area contributed by atoms with E-state index in [4.69, 9.17) is 4.42 Å². The lowest BCUT2D eigenvalue weighted by Gasteiger charge is -2.45. The molecule has 8 heteroatoms. The maximum Gasteiger partial charge on any atom is 0.270 e. The third-order valence-electron chi connectivity index (χ3n) is 7.69. The second-order valence-corrected chi connectivity index (χ2v) is 9.51. The lowest BCUT2D eigenvalue weighted by Crippen LogP contribution is -2.41. The number of hydrogen-bond donors (Lipinski definition) is 0. The van der Waals surface area contributed by atoms with Gasteiger partial charge in [-0.25, -0.2) is 0 Å². The second kappa shape index (κ2) is 7.83. The van der Waals surface area contributed by atoms with Crippen molar-refractivity contribution < 1.29 is 18.9 Å². The first kappa shape index (κ1) is 21.4. The number of nitro groups is 1. The topological polar surface area (TPSA) is 106 Å². The van der Waals surface area contributed by atoms with Crippen molar-refractivity contribution in [1.29, 1.82) is 0 Å². The van der Waals surface area contributed by atoms with Crippen molar-refractivity contribution in [1.82, 2.24) is 5.01 Å². The Hall–Kier alpha value is -4.85. The fourth-order valence-electron chi connectivity index (χ4n) is 6.24. The van der Waals surface area contributed by atoms with Gasteiger partial charge in [-0.05, 0) is 34.4 Å². The lowest BCUT2D eigenvalue weighted by molar-refractivity contribution is -0.384. The fraction of sp³-hybridized carbons (Fsp3) is 0.138. The summed E-state index contributed by atoms with van der Waals surface area (Å²) in [5.41, 5.74) is 4.91. The number of carbonyl (C=O) groups excluding carboxylic acids is 2. The molecule has 8 nitrogen and oxygen atoms in total.